The molecule has 0 radical (unpaired) electrons. The molecule has 0 amide bonds. The normalized spacial score (nSPS) is 17.0. The standard InChI is InChI=1S/C23H24N4S2.C20H18N4S2.C3H6O/c1-14(2)27-10-4-5-17(15(27)3)22-12-18-19(8-9-24-23(18)29-22)26-16-6-7-21-20(11-16)25-13-28-21;1-12-14(3-2-7-21-12)19-10-15-16(6-8-22-20(15)26-19)24-13-4-5-18-17(9-13)23-11-25-18;1-3(2)4/h5-9,11-15H,4,10H2,1-3H3,(H,24,26);3-6,8-12,21H,2,7H2,1H3,(H,22,24);1-2H3. The van der Waals surface area contributed by atoms with Gasteiger partial charge in [-0.15, -0.1) is 45.3 Å². The maximum atomic E-state index is 9.44. The van der Waals surface area contributed by atoms with Gasteiger partial charge in [0.1, 0.15) is 15.4 Å². The smallest absolute Gasteiger partial charge is 0.126 e. The fourth-order valence-electron chi connectivity index (χ4n) is 7.62. The highest BCUT2D eigenvalue weighted by molar-refractivity contribution is 7.20. The number of nitrogens with one attached hydrogen (secondary N) is 3. The maximum Gasteiger partial charge on any atom is 0.126 e. The predicted molar refractivity (Wildman–Crippen MR) is 255 cm³/mol. The molecule has 6 aromatic heterocycles. The van der Waals surface area contributed by atoms with Crippen molar-refractivity contribution in [3.05, 3.63) is 106 Å². The Morgan fingerprint density at radius 1 is 0.729 bits per heavy atom. The summed E-state index contributed by atoms with van der Waals surface area (Å²) in [5, 5.41) is 13.0. The monoisotopic (exact) mass is 856 g/mol. The molecule has 2 atom stereocenters. The molecule has 59 heavy (non-hydrogen) atoms. The summed E-state index contributed by atoms with van der Waals surface area (Å²) in [6.45, 7) is 14.4. The van der Waals surface area contributed by atoms with E-state index in [0.29, 0.717) is 18.1 Å². The molecule has 2 aliphatic rings. The third-order valence-electron chi connectivity index (χ3n) is 10.4. The Hall–Kier alpha value is -4.89. The van der Waals surface area contributed by atoms with E-state index < -0.39 is 0 Å². The summed E-state index contributed by atoms with van der Waals surface area (Å²) in [5.41, 5.74) is 12.9. The van der Waals surface area contributed by atoms with Crippen LogP contribution in [0.25, 0.3) is 52.0 Å². The van der Waals surface area contributed by atoms with Crippen LogP contribution in [0.4, 0.5) is 22.7 Å². The van der Waals surface area contributed by atoms with Crippen molar-refractivity contribution in [3.63, 3.8) is 0 Å². The fraction of sp³-hybridized carbons (Fsp3) is 0.283. The van der Waals surface area contributed by atoms with E-state index in [1.165, 1.54) is 54.9 Å². The van der Waals surface area contributed by atoms with Crippen LogP contribution in [0, 0.1) is 0 Å². The van der Waals surface area contributed by atoms with Crippen LogP contribution in [0.15, 0.2) is 96.2 Å². The second kappa shape index (κ2) is 18.2. The lowest BCUT2D eigenvalue weighted by atomic mass is 9.98. The number of hydrogen-bond acceptors (Lipinski definition) is 13. The molecule has 2 aromatic carbocycles. The number of nitrogens with zero attached hydrogens (tertiary/aromatic N) is 5. The van der Waals surface area contributed by atoms with E-state index in [4.69, 9.17) is 0 Å². The van der Waals surface area contributed by atoms with E-state index in [1.54, 1.807) is 45.3 Å². The van der Waals surface area contributed by atoms with E-state index in [2.05, 4.69) is 135 Å². The maximum absolute atomic E-state index is 9.44. The van der Waals surface area contributed by atoms with Crippen molar-refractivity contribution in [2.75, 3.05) is 23.7 Å². The first-order valence-electron chi connectivity index (χ1n) is 20.0. The molecule has 0 aliphatic carbocycles. The van der Waals surface area contributed by atoms with Crippen molar-refractivity contribution in [2.45, 2.75) is 72.5 Å². The third-order valence-corrected chi connectivity index (χ3v) is 14.3. The molecule has 0 saturated heterocycles. The van der Waals surface area contributed by atoms with Crippen LogP contribution >= 0.6 is 45.3 Å². The number of thiophene rings is 2. The van der Waals surface area contributed by atoms with Gasteiger partial charge in [-0.1, -0.05) is 12.2 Å². The molecule has 13 heteroatoms. The molecule has 0 spiro atoms. The number of benzene rings is 2. The van der Waals surface area contributed by atoms with Crippen LogP contribution < -0.4 is 16.0 Å². The summed E-state index contributed by atoms with van der Waals surface area (Å²) in [6.07, 6.45) is 10.7. The average Bonchev–Trinajstić information content (AvgIpc) is 4.04. The van der Waals surface area contributed by atoms with Crippen LogP contribution in [-0.2, 0) is 4.79 Å². The minimum absolute atomic E-state index is 0.167. The van der Waals surface area contributed by atoms with Gasteiger partial charge in [0.25, 0.3) is 0 Å². The molecule has 2 unspecified atom stereocenters. The van der Waals surface area contributed by atoms with Gasteiger partial charge in [0.05, 0.1) is 42.8 Å². The first-order valence-corrected chi connectivity index (χ1v) is 23.4. The van der Waals surface area contributed by atoms with E-state index in [9.17, 15) is 4.79 Å². The van der Waals surface area contributed by atoms with E-state index in [1.807, 2.05) is 29.5 Å². The molecule has 3 N–H and O–H groups in total. The van der Waals surface area contributed by atoms with Gasteiger partial charge in [-0.2, -0.15) is 0 Å². The Bertz CT molecular complexity index is 2810. The minimum Gasteiger partial charge on any atom is -0.355 e. The van der Waals surface area contributed by atoms with Crippen molar-refractivity contribution in [3.8, 4) is 0 Å². The lowest BCUT2D eigenvalue weighted by Crippen LogP contribution is -2.41. The highest BCUT2D eigenvalue weighted by Crippen LogP contribution is 2.39. The molecule has 0 bridgehead atoms. The highest BCUT2D eigenvalue weighted by Gasteiger charge is 2.26. The average molecular weight is 857 g/mol. The van der Waals surface area contributed by atoms with Crippen molar-refractivity contribution in [1.29, 1.82) is 0 Å². The van der Waals surface area contributed by atoms with Gasteiger partial charge in [-0.05, 0) is 133 Å². The van der Waals surface area contributed by atoms with Crippen LogP contribution in [0.2, 0.25) is 0 Å². The van der Waals surface area contributed by atoms with Gasteiger partial charge >= 0.3 is 0 Å². The van der Waals surface area contributed by atoms with E-state index in [0.717, 1.165) is 69.4 Å². The van der Waals surface area contributed by atoms with Crippen molar-refractivity contribution in [2.24, 2.45) is 0 Å². The second-order valence-electron chi connectivity index (χ2n) is 15.2. The third kappa shape index (κ3) is 9.30. The quantitative estimate of drug-likeness (QED) is 0.144. The number of rotatable bonds is 7. The SMILES string of the molecule is CC(C)=O.CC(C)N1CCC=C(c2cc3c(Nc4ccc5scnc5c4)ccnc3s2)C1C.CC1NCCC=C1c1cc2c(Nc3ccc4scnc4c3)ccnc2s1. The Labute approximate surface area is 361 Å². The Balaban J connectivity index is 0.000000151. The lowest BCUT2D eigenvalue weighted by molar-refractivity contribution is -0.115. The van der Waals surface area contributed by atoms with Crippen LogP contribution in [0.1, 0.15) is 64.1 Å². The van der Waals surface area contributed by atoms with E-state index in [-0.39, 0.29) is 5.78 Å². The number of thiazole rings is 2. The molecule has 302 valence electrons. The van der Waals surface area contributed by atoms with Crippen LogP contribution in [0.5, 0.6) is 0 Å². The molecular formula is C46H48N8OS4. The molecular weight excluding hydrogens is 809 g/mol. The minimum atomic E-state index is 0.167. The van der Waals surface area contributed by atoms with Gasteiger partial charge in [0, 0.05) is 69.0 Å². The van der Waals surface area contributed by atoms with Gasteiger partial charge in [-0.3, -0.25) is 4.90 Å². The first kappa shape index (κ1) is 40.9. The zero-order valence-corrected chi connectivity index (χ0v) is 37.3. The Kier molecular flexibility index (Phi) is 12.6. The summed E-state index contributed by atoms with van der Waals surface area (Å²) in [7, 11) is 0. The number of carbonyl (C=O) groups excluding carboxylic acids is 1. The molecule has 0 fully saturated rings. The number of pyridine rings is 2. The fourth-order valence-corrected chi connectivity index (χ4v) is 11.2. The molecule has 0 saturated carbocycles. The Morgan fingerprint density at radius 2 is 1.25 bits per heavy atom. The topological polar surface area (TPSA) is 108 Å². The van der Waals surface area contributed by atoms with Gasteiger partial charge < -0.3 is 20.7 Å². The van der Waals surface area contributed by atoms with Crippen LogP contribution in [0.3, 0.4) is 0 Å². The summed E-state index contributed by atoms with van der Waals surface area (Å²) in [5.74, 6) is 0.167. The number of ketones is 1. The van der Waals surface area contributed by atoms with Gasteiger partial charge in [0.2, 0.25) is 0 Å². The number of anilines is 4. The van der Waals surface area contributed by atoms with Crippen molar-refractivity contribution in [1.82, 2.24) is 30.2 Å². The molecule has 8 aromatic rings. The zero-order valence-electron chi connectivity index (χ0n) is 34.1. The summed E-state index contributed by atoms with van der Waals surface area (Å²) in [4.78, 5) is 34.9. The number of Topliss-reactive ketones (excluding diaryl/α,β-unsaturated/α-hetero) is 1. The molecule has 8 heterocycles. The van der Waals surface area contributed by atoms with E-state index >= 15 is 0 Å². The van der Waals surface area contributed by atoms with Crippen molar-refractivity contribution >= 4 is 126 Å². The predicted octanol–water partition coefficient (Wildman–Crippen LogP) is 12.5. The summed E-state index contributed by atoms with van der Waals surface area (Å²) < 4.78 is 2.42. The molecule has 2 aliphatic heterocycles. The summed E-state index contributed by atoms with van der Waals surface area (Å²) in [6, 6.07) is 22.7. The number of carbonyl (C=O) groups is 1. The molecule has 10 rings (SSSR count). The number of aromatic nitrogens is 4. The summed E-state index contributed by atoms with van der Waals surface area (Å²) >= 11 is 6.89. The van der Waals surface area contributed by atoms with Crippen molar-refractivity contribution < 1.29 is 4.79 Å². The second-order valence-corrected chi connectivity index (χ2v) is 19.0. The number of hydrogen-bond donors (Lipinski definition) is 3. The highest BCUT2D eigenvalue weighted by atomic mass is 32.1. The van der Waals surface area contributed by atoms with Crippen LogP contribution in [-0.4, -0.2) is 61.8 Å². The molecule has 9 nitrogen and oxygen atoms in total. The van der Waals surface area contributed by atoms with Gasteiger partial charge in [-0.25, -0.2) is 19.9 Å². The lowest BCUT2D eigenvalue weighted by Gasteiger charge is -2.37. The largest absolute Gasteiger partial charge is 0.355 e. The number of fused-ring (bicyclic) bond motifs is 4. The zero-order chi connectivity index (χ0) is 41.0. The Morgan fingerprint density at radius 3 is 1.78 bits per heavy atom. The van der Waals surface area contributed by atoms with Gasteiger partial charge in [0.15, 0.2) is 0 Å². The first-order chi connectivity index (χ1) is 28.6.